The maximum Gasteiger partial charge on any atom is 0.308 e. The molecule has 0 aliphatic rings. The largest absolute Gasteiger partial charge is 0.457 e. The van der Waals surface area contributed by atoms with Crippen LogP contribution in [0.2, 0.25) is 0 Å². The Labute approximate surface area is 122 Å². The van der Waals surface area contributed by atoms with Gasteiger partial charge in [-0.2, -0.15) is 0 Å². The van der Waals surface area contributed by atoms with E-state index in [1.807, 2.05) is 60.7 Å². The molecule has 0 saturated heterocycles. The standard InChI is InChI=1S/C18H14O3/c1-13(19)20-17-11-12-18(16-10-6-5-9-15(16)17)21-14-7-3-2-4-8-14/h2-12H,1H3. The average Bonchev–Trinajstić information content (AvgIpc) is 2.50. The molecule has 3 rings (SSSR count). The van der Waals surface area contributed by atoms with E-state index in [1.54, 1.807) is 6.07 Å². The van der Waals surface area contributed by atoms with E-state index in [0.29, 0.717) is 5.75 Å². The Kier molecular flexibility index (Phi) is 3.56. The first-order valence-corrected chi connectivity index (χ1v) is 6.67. The van der Waals surface area contributed by atoms with Gasteiger partial charge in [0.05, 0.1) is 0 Å². The summed E-state index contributed by atoms with van der Waals surface area (Å²) < 4.78 is 11.1. The molecule has 3 nitrogen and oxygen atoms in total. The van der Waals surface area contributed by atoms with Gasteiger partial charge in [-0.1, -0.05) is 42.5 Å². The summed E-state index contributed by atoms with van der Waals surface area (Å²) >= 11 is 0. The number of ether oxygens (including phenoxy) is 2. The van der Waals surface area contributed by atoms with E-state index < -0.39 is 0 Å². The van der Waals surface area contributed by atoms with Crippen molar-refractivity contribution in [3.63, 3.8) is 0 Å². The van der Waals surface area contributed by atoms with Gasteiger partial charge in [-0.05, 0) is 24.3 Å². The molecule has 0 aliphatic carbocycles. The van der Waals surface area contributed by atoms with Crippen LogP contribution in [0.25, 0.3) is 10.8 Å². The number of fused-ring (bicyclic) bond motifs is 1. The molecular formula is C18H14O3. The summed E-state index contributed by atoms with van der Waals surface area (Å²) in [5.74, 6) is 1.70. The van der Waals surface area contributed by atoms with Crippen molar-refractivity contribution in [2.45, 2.75) is 6.92 Å². The van der Waals surface area contributed by atoms with Crippen molar-refractivity contribution in [2.75, 3.05) is 0 Å². The van der Waals surface area contributed by atoms with Gasteiger partial charge in [0, 0.05) is 17.7 Å². The van der Waals surface area contributed by atoms with E-state index in [1.165, 1.54) is 6.92 Å². The van der Waals surface area contributed by atoms with Crippen LogP contribution in [0.1, 0.15) is 6.92 Å². The molecule has 0 bridgehead atoms. The smallest absolute Gasteiger partial charge is 0.308 e. The van der Waals surface area contributed by atoms with Crippen molar-refractivity contribution in [3.05, 3.63) is 66.7 Å². The van der Waals surface area contributed by atoms with Gasteiger partial charge < -0.3 is 9.47 Å². The molecule has 0 saturated carbocycles. The van der Waals surface area contributed by atoms with Crippen LogP contribution < -0.4 is 9.47 Å². The minimum absolute atomic E-state index is 0.336. The second-order valence-corrected chi connectivity index (χ2v) is 4.62. The molecule has 0 fully saturated rings. The zero-order chi connectivity index (χ0) is 14.7. The SMILES string of the molecule is CC(=O)Oc1ccc(Oc2ccccc2)c2ccccc12. The fourth-order valence-corrected chi connectivity index (χ4v) is 2.19. The van der Waals surface area contributed by atoms with E-state index in [0.717, 1.165) is 22.3 Å². The zero-order valence-corrected chi connectivity index (χ0v) is 11.6. The summed E-state index contributed by atoms with van der Waals surface area (Å²) in [6, 6.07) is 20.8. The highest BCUT2D eigenvalue weighted by atomic mass is 16.5. The van der Waals surface area contributed by atoms with Crippen LogP contribution in [-0.2, 0) is 4.79 Å². The fourth-order valence-electron chi connectivity index (χ4n) is 2.19. The monoisotopic (exact) mass is 278 g/mol. The van der Waals surface area contributed by atoms with Gasteiger partial charge in [0.2, 0.25) is 0 Å². The van der Waals surface area contributed by atoms with Crippen LogP contribution >= 0.6 is 0 Å². The predicted octanol–water partition coefficient (Wildman–Crippen LogP) is 4.56. The van der Waals surface area contributed by atoms with Crippen LogP contribution in [0, 0.1) is 0 Å². The molecule has 3 aromatic rings. The third-order valence-corrected chi connectivity index (χ3v) is 3.07. The first-order valence-electron chi connectivity index (χ1n) is 6.67. The Bertz CT molecular complexity index is 779. The highest BCUT2D eigenvalue weighted by Gasteiger charge is 2.09. The van der Waals surface area contributed by atoms with Gasteiger partial charge in [-0.3, -0.25) is 4.79 Å². The number of para-hydroxylation sites is 1. The molecule has 0 radical (unpaired) electrons. The number of rotatable bonds is 3. The molecule has 104 valence electrons. The van der Waals surface area contributed by atoms with Gasteiger partial charge >= 0.3 is 5.97 Å². The minimum Gasteiger partial charge on any atom is -0.457 e. The van der Waals surface area contributed by atoms with Gasteiger partial charge in [0.15, 0.2) is 0 Å². The molecule has 0 atom stereocenters. The van der Waals surface area contributed by atoms with Crippen molar-refractivity contribution in [3.8, 4) is 17.2 Å². The normalized spacial score (nSPS) is 10.3. The molecule has 3 aromatic carbocycles. The summed E-state index contributed by atoms with van der Waals surface area (Å²) in [6.07, 6.45) is 0. The summed E-state index contributed by atoms with van der Waals surface area (Å²) in [4.78, 5) is 11.2. The Morgan fingerprint density at radius 1 is 0.762 bits per heavy atom. The maximum absolute atomic E-state index is 11.2. The van der Waals surface area contributed by atoms with E-state index in [2.05, 4.69) is 0 Å². The summed E-state index contributed by atoms with van der Waals surface area (Å²) in [5, 5.41) is 1.75. The van der Waals surface area contributed by atoms with Crippen molar-refractivity contribution >= 4 is 16.7 Å². The number of benzene rings is 3. The first kappa shape index (κ1) is 13.2. The van der Waals surface area contributed by atoms with Crippen molar-refractivity contribution in [1.82, 2.24) is 0 Å². The lowest BCUT2D eigenvalue weighted by Crippen LogP contribution is -2.02. The minimum atomic E-state index is -0.336. The molecule has 0 aliphatic heterocycles. The summed E-state index contributed by atoms with van der Waals surface area (Å²) in [7, 11) is 0. The topological polar surface area (TPSA) is 35.5 Å². The second kappa shape index (κ2) is 5.67. The Morgan fingerprint density at radius 3 is 2.00 bits per heavy atom. The lowest BCUT2D eigenvalue weighted by atomic mass is 10.1. The lowest BCUT2D eigenvalue weighted by Gasteiger charge is -2.11. The van der Waals surface area contributed by atoms with Crippen LogP contribution in [0.5, 0.6) is 17.2 Å². The quantitative estimate of drug-likeness (QED) is 0.520. The van der Waals surface area contributed by atoms with E-state index in [-0.39, 0.29) is 5.97 Å². The average molecular weight is 278 g/mol. The first-order chi connectivity index (χ1) is 10.2. The van der Waals surface area contributed by atoms with Gasteiger partial charge in [0.25, 0.3) is 0 Å². The summed E-state index contributed by atoms with van der Waals surface area (Å²) in [5.41, 5.74) is 0. The van der Waals surface area contributed by atoms with Gasteiger partial charge in [-0.25, -0.2) is 0 Å². The van der Waals surface area contributed by atoms with Crippen LogP contribution in [0.15, 0.2) is 66.7 Å². The van der Waals surface area contributed by atoms with E-state index in [9.17, 15) is 4.79 Å². The molecule has 21 heavy (non-hydrogen) atoms. The third kappa shape index (κ3) is 2.87. The Balaban J connectivity index is 2.06. The van der Waals surface area contributed by atoms with Gasteiger partial charge in [-0.15, -0.1) is 0 Å². The highest BCUT2D eigenvalue weighted by Crippen LogP contribution is 2.35. The third-order valence-electron chi connectivity index (χ3n) is 3.07. The molecule has 0 heterocycles. The van der Waals surface area contributed by atoms with Crippen LogP contribution in [-0.4, -0.2) is 5.97 Å². The number of hydrogen-bond acceptors (Lipinski definition) is 3. The lowest BCUT2D eigenvalue weighted by molar-refractivity contribution is -0.131. The molecule has 0 aromatic heterocycles. The van der Waals surface area contributed by atoms with Crippen LogP contribution in [0.4, 0.5) is 0 Å². The number of esters is 1. The summed E-state index contributed by atoms with van der Waals surface area (Å²) in [6.45, 7) is 1.39. The number of hydrogen-bond donors (Lipinski definition) is 0. The number of carbonyl (C=O) groups is 1. The number of carbonyl (C=O) groups excluding carboxylic acids is 1. The zero-order valence-electron chi connectivity index (χ0n) is 11.6. The Morgan fingerprint density at radius 2 is 1.33 bits per heavy atom. The maximum atomic E-state index is 11.2. The molecular weight excluding hydrogens is 264 g/mol. The van der Waals surface area contributed by atoms with E-state index in [4.69, 9.17) is 9.47 Å². The fraction of sp³-hybridized carbons (Fsp3) is 0.0556. The van der Waals surface area contributed by atoms with Gasteiger partial charge in [0.1, 0.15) is 17.2 Å². The molecule has 3 heteroatoms. The predicted molar refractivity (Wildman–Crippen MR) is 81.8 cm³/mol. The Hall–Kier alpha value is -2.81. The molecule has 0 N–H and O–H groups in total. The second-order valence-electron chi connectivity index (χ2n) is 4.62. The van der Waals surface area contributed by atoms with Crippen molar-refractivity contribution < 1.29 is 14.3 Å². The van der Waals surface area contributed by atoms with Crippen molar-refractivity contribution in [2.24, 2.45) is 0 Å². The highest BCUT2D eigenvalue weighted by molar-refractivity contribution is 5.94. The molecule has 0 spiro atoms. The molecule has 0 unspecified atom stereocenters. The molecule has 0 amide bonds. The van der Waals surface area contributed by atoms with Crippen molar-refractivity contribution in [1.29, 1.82) is 0 Å². The van der Waals surface area contributed by atoms with E-state index >= 15 is 0 Å². The van der Waals surface area contributed by atoms with Crippen LogP contribution in [0.3, 0.4) is 0 Å².